The van der Waals surface area contributed by atoms with Crippen LogP contribution in [0.1, 0.15) is 32.3 Å². The Morgan fingerprint density at radius 2 is 2.00 bits per heavy atom. The summed E-state index contributed by atoms with van der Waals surface area (Å²) in [4.78, 5) is 37.1. The number of benzene rings is 2. The molecule has 0 radical (unpaired) electrons. The number of fused-ring (bicyclic) bond motifs is 4. The number of carbonyl (C=O) groups excluding carboxylic acids is 2. The fourth-order valence-electron chi connectivity index (χ4n) is 3.92. The minimum absolute atomic E-state index is 0.0907. The molecule has 3 aliphatic rings. The third-order valence-electron chi connectivity index (χ3n) is 5.57. The van der Waals surface area contributed by atoms with Crippen molar-refractivity contribution < 1.29 is 19.1 Å². The molecule has 0 bridgehead atoms. The van der Waals surface area contributed by atoms with Gasteiger partial charge in [0.25, 0.3) is 5.91 Å². The van der Waals surface area contributed by atoms with Crippen molar-refractivity contribution in [2.75, 3.05) is 18.5 Å². The van der Waals surface area contributed by atoms with Crippen LogP contribution >= 0.6 is 11.8 Å². The lowest BCUT2D eigenvalue weighted by molar-refractivity contribution is -0.124. The zero-order chi connectivity index (χ0) is 22.9. The quantitative estimate of drug-likeness (QED) is 0.723. The van der Waals surface area contributed by atoms with Crippen molar-refractivity contribution in [1.29, 1.82) is 0 Å². The number of rotatable bonds is 5. The van der Waals surface area contributed by atoms with Gasteiger partial charge < -0.3 is 14.8 Å². The first-order valence-electron chi connectivity index (χ1n) is 11.0. The van der Waals surface area contributed by atoms with Gasteiger partial charge in [-0.05, 0) is 37.6 Å². The Morgan fingerprint density at radius 3 is 2.82 bits per heavy atom. The number of para-hydroxylation sites is 1. The summed E-state index contributed by atoms with van der Waals surface area (Å²) < 4.78 is 11.1. The highest BCUT2D eigenvalue weighted by molar-refractivity contribution is 8.15. The summed E-state index contributed by atoms with van der Waals surface area (Å²) in [6.07, 6.45) is 1.54. The Morgan fingerprint density at radius 1 is 1.21 bits per heavy atom. The Hall–Kier alpha value is -3.33. The lowest BCUT2D eigenvalue weighted by Gasteiger charge is -2.27. The van der Waals surface area contributed by atoms with E-state index in [0.29, 0.717) is 47.8 Å². The highest BCUT2D eigenvalue weighted by Crippen LogP contribution is 2.36. The minimum atomic E-state index is -0.499. The van der Waals surface area contributed by atoms with Gasteiger partial charge in [-0.25, -0.2) is 9.89 Å². The number of nitrogens with one attached hydrogen (secondary N) is 1. The molecular weight excluding hydrogens is 440 g/mol. The van der Waals surface area contributed by atoms with Crippen molar-refractivity contribution in [3.8, 4) is 11.5 Å². The van der Waals surface area contributed by atoms with Crippen LogP contribution in [0, 0.1) is 0 Å². The van der Waals surface area contributed by atoms with E-state index in [-0.39, 0.29) is 11.8 Å². The van der Waals surface area contributed by atoms with Crippen molar-refractivity contribution in [1.82, 2.24) is 4.90 Å². The molecule has 9 heteroatoms. The zero-order valence-corrected chi connectivity index (χ0v) is 19.2. The molecule has 5 rings (SSSR count). The van der Waals surface area contributed by atoms with Gasteiger partial charge in [0.05, 0.1) is 10.9 Å². The van der Waals surface area contributed by atoms with E-state index in [4.69, 9.17) is 19.5 Å². The van der Waals surface area contributed by atoms with Crippen LogP contribution in [-0.2, 0) is 9.59 Å². The Labute approximate surface area is 196 Å². The third kappa shape index (κ3) is 4.08. The minimum Gasteiger partial charge on any atom is -0.486 e. The smallest absolute Gasteiger partial charge is 0.259 e. The van der Waals surface area contributed by atoms with Crippen molar-refractivity contribution in [3.63, 3.8) is 0 Å². The summed E-state index contributed by atoms with van der Waals surface area (Å²) in [5.41, 5.74) is 2.21. The Kier molecular flexibility index (Phi) is 5.80. The van der Waals surface area contributed by atoms with Gasteiger partial charge in [-0.2, -0.15) is 0 Å². The maximum Gasteiger partial charge on any atom is 0.259 e. The first kappa shape index (κ1) is 21.5. The van der Waals surface area contributed by atoms with Gasteiger partial charge in [-0.15, -0.1) is 0 Å². The topological polar surface area (TPSA) is 92.6 Å². The SMILES string of the molecule is CCC[C@H]1N=C2c3ccccc3N=C(S[C@@H](C)C(=O)Nc3ccc4c(c3)OCCO4)N2C1=O. The van der Waals surface area contributed by atoms with E-state index in [1.807, 2.05) is 31.2 Å². The number of amidine groups is 2. The van der Waals surface area contributed by atoms with Crippen LogP contribution in [0.15, 0.2) is 52.4 Å². The zero-order valence-electron chi connectivity index (χ0n) is 18.4. The molecule has 33 heavy (non-hydrogen) atoms. The van der Waals surface area contributed by atoms with Crippen LogP contribution in [-0.4, -0.2) is 52.2 Å². The molecule has 0 aromatic heterocycles. The molecule has 3 heterocycles. The highest BCUT2D eigenvalue weighted by Gasteiger charge is 2.41. The van der Waals surface area contributed by atoms with E-state index in [2.05, 4.69) is 5.32 Å². The number of nitrogens with zero attached hydrogens (tertiary/aromatic N) is 3. The lowest BCUT2D eigenvalue weighted by atomic mass is 10.1. The van der Waals surface area contributed by atoms with Crippen LogP contribution in [0.4, 0.5) is 11.4 Å². The first-order chi connectivity index (χ1) is 16.0. The summed E-state index contributed by atoms with van der Waals surface area (Å²) in [5, 5.41) is 2.89. The fraction of sp³-hybridized carbons (Fsp3) is 0.333. The van der Waals surface area contributed by atoms with Gasteiger partial charge in [-0.3, -0.25) is 14.6 Å². The van der Waals surface area contributed by atoms with Crippen LogP contribution in [0.5, 0.6) is 11.5 Å². The van der Waals surface area contributed by atoms with Crippen LogP contribution < -0.4 is 14.8 Å². The standard InChI is InChI=1S/C24H24N4O4S/c1-3-6-18-23(30)28-21(26-18)16-7-4-5-8-17(16)27-24(28)33-14(2)22(29)25-15-9-10-19-20(13-15)32-12-11-31-19/h4-5,7-10,13-14,18H,3,6,11-12H2,1-2H3,(H,25,29)/t14-,18+/m0/s1. The van der Waals surface area contributed by atoms with Gasteiger partial charge in [0, 0.05) is 17.3 Å². The maximum absolute atomic E-state index is 13.1. The van der Waals surface area contributed by atoms with Crippen molar-refractivity contribution in [3.05, 3.63) is 48.0 Å². The summed E-state index contributed by atoms with van der Waals surface area (Å²) in [6.45, 7) is 4.82. The monoisotopic (exact) mass is 464 g/mol. The van der Waals surface area contributed by atoms with E-state index in [0.717, 1.165) is 17.7 Å². The van der Waals surface area contributed by atoms with E-state index in [1.165, 1.54) is 11.8 Å². The number of hydrogen-bond donors (Lipinski definition) is 1. The van der Waals surface area contributed by atoms with Crippen molar-refractivity contribution in [2.24, 2.45) is 9.98 Å². The van der Waals surface area contributed by atoms with E-state index >= 15 is 0 Å². The molecular formula is C24H24N4O4S. The number of ether oxygens (including phenoxy) is 2. The summed E-state index contributed by atoms with van der Waals surface area (Å²) in [6, 6.07) is 12.5. The molecule has 2 aromatic carbocycles. The maximum atomic E-state index is 13.1. The molecule has 0 saturated heterocycles. The molecule has 0 aliphatic carbocycles. The molecule has 0 fully saturated rings. The molecule has 0 saturated carbocycles. The predicted molar refractivity (Wildman–Crippen MR) is 129 cm³/mol. The second-order valence-corrected chi connectivity index (χ2v) is 9.26. The number of aliphatic imine (C=N–C) groups is 2. The normalized spacial score (nSPS) is 19.3. The molecule has 0 unspecified atom stereocenters. The summed E-state index contributed by atoms with van der Waals surface area (Å²) in [5.74, 6) is 1.60. The molecule has 1 N–H and O–H groups in total. The second-order valence-electron chi connectivity index (χ2n) is 7.95. The van der Waals surface area contributed by atoms with E-state index < -0.39 is 11.3 Å². The number of thioether (sulfide) groups is 1. The summed E-state index contributed by atoms with van der Waals surface area (Å²) >= 11 is 1.25. The molecule has 2 atom stereocenters. The van der Waals surface area contributed by atoms with Crippen LogP contribution in [0.2, 0.25) is 0 Å². The lowest BCUT2D eigenvalue weighted by Crippen LogP contribution is -2.42. The largest absolute Gasteiger partial charge is 0.486 e. The van der Waals surface area contributed by atoms with Crippen LogP contribution in [0.3, 0.4) is 0 Å². The molecule has 2 amide bonds. The average molecular weight is 465 g/mol. The average Bonchev–Trinajstić information content (AvgIpc) is 3.16. The molecule has 0 spiro atoms. The second kappa shape index (κ2) is 8.90. The third-order valence-corrected chi connectivity index (χ3v) is 6.62. The van der Waals surface area contributed by atoms with Gasteiger partial charge in [0.2, 0.25) is 5.91 Å². The Bertz CT molecular complexity index is 1180. The molecule has 3 aliphatic heterocycles. The van der Waals surface area contributed by atoms with Crippen molar-refractivity contribution in [2.45, 2.75) is 38.0 Å². The predicted octanol–water partition coefficient (Wildman–Crippen LogP) is 3.98. The van der Waals surface area contributed by atoms with Gasteiger partial charge in [0.1, 0.15) is 25.1 Å². The van der Waals surface area contributed by atoms with E-state index in [1.54, 1.807) is 30.0 Å². The number of carbonyl (C=O) groups is 2. The number of hydrogen-bond acceptors (Lipinski definition) is 7. The first-order valence-corrected chi connectivity index (χ1v) is 11.9. The molecule has 170 valence electrons. The summed E-state index contributed by atoms with van der Waals surface area (Å²) in [7, 11) is 0. The number of anilines is 1. The van der Waals surface area contributed by atoms with Gasteiger partial charge >= 0.3 is 0 Å². The van der Waals surface area contributed by atoms with Crippen LogP contribution in [0.25, 0.3) is 0 Å². The Balaban J connectivity index is 1.36. The number of amides is 2. The molecule has 8 nitrogen and oxygen atoms in total. The molecule has 2 aromatic rings. The van der Waals surface area contributed by atoms with E-state index in [9.17, 15) is 9.59 Å². The highest BCUT2D eigenvalue weighted by atomic mass is 32.2. The van der Waals surface area contributed by atoms with Gasteiger partial charge in [0.15, 0.2) is 16.7 Å². The fourth-order valence-corrected chi connectivity index (χ4v) is 4.83. The van der Waals surface area contributed by atoms with Gasteiger partial charge in [-0.1, -0.05) is 37.2 Å². The van der Waals surface area contributed by atoms with Crippen molar-refractivity contribution >= 4 is 46.0 Å².